The van der Waals surface area contributed by atoms with Gasteiger partial charge in [-0.25, -0.2) is 4.98 Å². The van der Waals surface area contributed by atoms with Crippen LogP contribution >= 0.6 is 23.2 Å². The van der Waals surface area contributed by atoms with Gasteiger partial charge in [0.2, 0.25) is 5.91 Å². The number of carbonyl (C=O) groups is 1. The molecule has 0 spiro atoms. The third-order valence-corrected chi connectivity index (χ3v) is 4.49. The van der Waals surface area contributed by atoms with Crippen LogP contribution in [0.4, 0.5) is 5.69 Å². The zero-order chi connectivity index (χ0) is 21.0. The van der Waals surface area contributed by atoms with Crippen molar-refractivity contribution in [3.05, 3.63) is 57.1 Å². The van der Waals surface area contributed by atoms with E-state index in [0.717, 1.165) is 0 Å². The summed E-state index contributed by atoms with van der Waals surface area (Å²) in [5.41, 5.74) is 0.455. The Kier molecular flexibility index (Phi) is 6.61. The molecule has 1 N–H and O–H groups in total. The molecule has 1 aromatic heterocycles. The highest BCUT2D eigenvalue weighted by Gasteiger charge is 2.13. The largest absolute Gasteiger partial charge is 0.490 e. The summed E-state index contributed by atoms with van der Waals surface area (Å²) in [5.74, 6) is 0.727. The van der Waals surface area contributed by atoms with Gasteiger partial charge >= 0.3 is 0 Å². The Morgan fingerprint density at radius 1 is 1.10 bits per heavy atom. The molecular weight excluding hydrogens is 417 g/mol. The molecule has 0 aliphatic carbocycles. The molecule has 9 heteroatoms. The van der Waals surface area contributed by atoms with Gasteiger partial charge in [-0.15, -0.1) is 0 Å². The third-order valence-electron chi connectivity index (χ3n) is 3.99. The highest BCUT2D eigenvalue weighted by atomic mass is 35.5. The number of amides is 1. The van der Waals surface area contributed by atoms with Gasteiger partial charge in [0, 0.05) is 16.8 Å². The maximum absolute atomic E-state index is 12.7. The first-order chi connectivity index (χ1) is 13.9. The highest BCUT2D eigenvalue weighted by molar-refractivity contribution is 6.38. The SMILES string of the molecule is CCOc1ccc(NC(=O)Cn2cnc3c(Cl)cc(Cl)cc3c2=O)cc1OCC. The number of aromatic nitrogens is 2. The number of anilines is 1. The van der Waals surface area contributed by atoms with Gasteiger partial charge in [-0.1, -0.05) is 23.2 Å². The summed E-state index contributed by atoms with van der Waals surface area (Å²) in [5, 5.41) is 3.59. The van der Waals surface area contributed by atoms with Crippen LogP contribution in [0.3, 0.4) is 0 Å². The first-order valence-corrected chi connectivity index (χ1v) is 9.72. The number of rotatable bonds is 7. The van der Waals surface area contributed by atoms with E-state index in [4.69, 9.17) is 32.7 Å². The Bertz CT molecular complexity index is 1110. The zero-order valence-corrected chi connectivity index (χ0v) is 17.4. The summed E-state index contributed by atoms with van der Waals surface area (Å²) in [6, 6.07) is 8.09. The molecule has 0 atom stereocenters. The van der Waals surface area contributed by atoms with Crippen LogP contribution in [0, 0.1) is 0 Å². The van der Waals surface area contributed by atoms with Gasteiger partial charge in [0.1, 0.15) is 6.54 Å². The number of hydrogen-bond acceptors (Lipinski definition) is 5. The zero-order valence-electron chi connectivity index (χ0n) is 15.9. The molecule has 0 saturated carbocycles. The first-order valence-electron chi connectivity index (χ1n) is 8.96. The fraction of sp³-hybridized carbons (Fsp3) is 0.250. The molecule has 0 saturated heterocycles. The summed E-state index contributed by atoms with van der Waals surface area (Å²) < 4.78 is 12.3. The van der Waals surface area contributed by atoms with Gasteiger partial charge in [-0.3, -0.25) is 14.2 Å². The van der Waals surface area contributed by atoms with Gasteiger partial charge in [-0.2, -0.15) is 0 Å². The van der Waals surface area contributed by atoms with Crippen LogP contribution in [0.5, 0.6) is 11.5 Å². The Morgan fingerprint density at radius 2 is 1.83 bits per heavy atom. The molecule has 1 amide bonds. The Morgan fingerprint density at radius 3 is 2.55 bits per heavy atom. The lowest BCUT2D eigenvalue weighted by Gasteiger charge is -2.13. The van der Waals surface area contributed by atoms with Gasteiger partial charge in [0.15, 0.2) is 11.5 Å². The monoisotopic (exact) mass is 435 g/mol. The van der Waals surface area contributed by atoms with Crippen LogP contribution in [0.15, 0.2) is 41.5 Å². The molecule has 0 unspecified atom stereocenters. The highest BCUT2D eigenvalue weighted by Crippen LogP contribution is 2.30. The summed E-state index contributed by atoms with van der Waals surface area (Å²) in [7, 11) is 0. The molecule has 0 radical (unpaired) electrons. The van der Waals surface area contributed by atoms with Crippen LogP contribution in [0.25, 0.3) is 10.9 Å². The molecule has 0 fully saturated rings. The average molecular weight is 436 g/mol. The Balaban J connectivity index is 1.81. The van der Waals surface area contributed by atoms with Crippen molar-refractivity contribution in [2.45, 2.75) is 20.4 Å². The summed E-state index contributed by atoms with van der Waals surface area (Å²) in [6.45, 7) is 4.47. The molecule has 3 rings (SSSR count). The third kappa shape index (κ3) is 4.81. The minimum atomic E-state index is -0.406. The number of benzene rings is 2. The van der Waals surface area contributed by atoms with Crippen molar-refractivity contribution < 1.29 is 14.3 Å². The second-order valence-electron chi connectivity index (χ2n) is 6.04. The topological polar surface area (TPSA) is 82.5 Å². The molecular formula is C20H19Cl2N3O4. The van der Waals surface area contributed by atoms with Crippen molar-refractivity contribution in [1.29, 1.82) is 0 Å². The standard InChI is InChI=1S/C20H19Cl2N3O4/c1-3-28-16-6-5-13(9-17(16)29-4-2)24-18(26)10-25-11-23-19-14(20(25)27)7-12(21)8-15(19)22/h5-9,11H,3-4,10H2,1-2H3,(H,24,26). The molecule has 2 aromatic carbocycles. The van der Waals surface area contributed by atoms with E-state index in [1.165, 1.54) is 23.0 Å². The molecule has 152 valence electrons. The van der Waals surface area contributed by atoms with E-state index in [9.17, 15) is 9.59 Å². The maximum atomic E-state index is 12.7. The normalized spacial score (nSPS) is 10.8. The number of hydrogen-bond donors (Lipinski definition) is 1. The fourth-order valence-electron chi connectivity index (χ4n) is 2.79. The number of carbonyl (C=O) groups excluding carboxylic acids is 1. The molecule has 7 nitrogen and oxygen atoms in total. The lowest BCUT2D eigenvalue weighted by Crippen LogP contribution is -2.28. The van der Waals surface area contributed by atoms with Crippen LogP contribution in [-0.4, -0.2) is 28.7 Å². The van der Waals surface area contributed by atoms with Gasteiger partial charge < -0.3 is 14.8 Å². The average Bonchev–Trinajstić information content (AvgIpc) is 2.67. The van der Waals surface area contributed by atoms with Crippen molar-refractivity contribution in [1.82, 2.24) is 9.55 Å². The van der Waals surface area contributed by atoms with E-state index < -0.39 is 11.5 Å². The van der Waals surface area contributed by atoms with Crippen LogP contribution in [0.2, 0.25) is 10.0 Å². The predicted octanol–water partition coefficient (Wildman–Crippen LogP) is 4.14. The fourth-order valence-corrected chi connectivity index (χ4v) is 3.33. The van der Waals surface area contributed by atoms with Crippen molar-refractivity contribution in [3.8, 4) is 11.5 Å². The van der Waals surface area contributed by atoms with Crippen molar-refractivity contribution in [2.24, 2.45) is 0 Å². The van der Waals surface area contributed by atoms with Gasteiger partial charge in [0.05, 0.1) is 35.5 Å². The second kappa shape index (κ2) is 9.15. The van der Waals surface area contributed by atoms with Crippen molar-refractivity contribution in [3.63, 3.8) is 0 Å². The van der Waals surface area contributed by atoms with E-state index in [0.29, 0.717) is 40.9 Å². The number of halogens is 2. The lowest BCUT2D eigenvalue weighted by molar-refractivity contribution is -0.116. The van der Waals surface area contributed by atoms with E-state index in [-0.39, 0.29) is 17.0 Å². The molecule has 0 aliphatic rings. The van der Waals surface area contributed by atoms with Crippen LogP contribution in [-0.2, 0) is 11.3 Å². The number of nitrogens with zero attached hydrogens (tertiary/aromatic N) is 2. The van der Waals surface area contributed by atoms with Gasteiger partial charge in [0.25, 0.3) is 5.56 Å². The molecule has 29 heavy (non-hydrogen) atoms. The summed E-state index contributed by atoms with van der Waals surface area (Å²) >= 11 is 12.1. The summed E-state index contributed by atoms with van der Waals surface area (Å²) in [4.78, 5) is 29.3. The van der Waals surface area contributed by atoms with E-state index in [1.807, 2.05) is 13.8 Å². The minimum Gasteiger partial charge on any atom is -0.490 e. The Labute approximate surface area is 177 Å². The number of nitrogens with one attached hydrogen (secondary N) is 1. The minimum absolute atomic E-state index is 0.219. The Hall–Kier alpha value is -2.77. The lowest BCUT2D eigenvalue weighted by atomic mass is 10.2. The molecule has 1 heterocycles. The molecule has 0 bridgehead atoms. The molecule has 0 aliphatic heterocycles. The maximum Gasteiger partial charge on any atom is 0.261 e. The van der Waals surface area contributed by atoms with Crippen molar-refractivity contribution in [2.75, 3.05) is 18.5 Å². The first kappa shape index (κ1) is 21.0. The van der Waals surface area contributed by atoms with Crippen LogP contribution in [0.1, 0.15) is 13.8 Å². The van der Waals surface area contributed by atoms with E-state index >= 15 is 0 Å². The predicted molar refractivity (Wildman–Crippen MR) is 113 cm³/mol. The van der Waals surface area contributed by atoms with Gasteiger partial charge in [-0.05, 0) is 38.1 Å². The molecule has 3 aromatic rings. The van der Waals surface area contributed by atoms with E-state index in [2.05, 4.69) is 10.3 Å². The smallest absolute Gasteiger partial charge is 0.261 e. The summed E-state index contributed by atoms with van der Waals surface area (Å²) in [6.07, 6.45) is 1.29. The van der Waals surface area contributed by atoms with Crippen LogP contribution < -0.4 is 20.3 Å². The van der Waals surface area contributed by atoms with Crippen molar-refractivity contribution >= 4 is 45.7 Å². The second-order valence-corrected chi connectivity index (χ2v) is 6.88. The quantitative estimate of drug-likeness (QED) is 0.602. The van der Waals surface area contributed by atoms with E-state index in [1.54, 1.807) is 18.2 Å². The number of ether oxygens (including phenoxy) is 2. The number of fused-ring (bicyclic) bond motifs is 1.